The van der Waals surface area contributed by atoms with Gasteiger partial charge in [-0.15, -0.1) is 0 Å². The molecule has 1 atom stereocenters. The molecule has 10 heteroatoms. The van der Waals surface area contributed by atoms with Gasteiger partial charge in [0.1, 0.15) is 16.5 Å². The number of rotatable bonds is 9. The van der Waals surface area contributed by atoms with Crippen LogP contribution in [0.15, 0.2) is 47.4 Å². The Morgan fingerprint density at radius 3 is 2.48 bits per heavy atom. The first-order valence-electron chi connectivity index (χ1n) is 9.42. The summed E-state index contributed by atoms with van der Waals surface area (Å²) < 4.78 is 49.9. The Bertz CT molecular complexity index is 1060. The van der Waals surface area contributed by atoms with Crippen molar-refractivity contribution in [1.82, 2.24) is 9.62 Å². The Kier molecular flexibility index (Phi) is 8.12. The lowest BCUT2D eigenvalue weighted by Crippen LogP contribution is -2.31. The first-order valence-corrected chi connectivity index (χ1v) is 10.9. The van der Waals surface area contributed by atoms with E-state index >= 15 is 0 Å². The number of carbonyl (C=O) groups excluding carboxylic acids is 2. The minimum absolute atomic E-state index is 0.0708. The van der Waals surface area contributed by atoms with Gasteiger partial charge in [0.25, 0.3) is 5.91 Å². The van der Waals surface area contributed by atoms with Gasteiger partial charge in [-0.1, -0.05) is 12.1 Å². The summed E-state index contributed by atoms with van der Waals surface area (Å²) in [5, 5.41) is 2.69. The van der Waals surface area contributed by atoms with E-state index in [0.717, 1.165) is 16.4 Å². The number of nitrogens with one attached hydrogen (secondary N) is 1. The zero-order chi connectivity index (χ0) is 23.2. The van der Waals surface area contributed by atoms with Crippen molar-refractivity contribution in [3.63, 3.8) is 0 Å². The number of hydrogen-bond acceptors (Lipinski definition) is 6. The number of hydrogen-bond donors (Lipinski definition) is 1. The molecule has 2 aromatic carbocycles. The topological polar surface area (TPSA) is 102 Å². The van der Waals surface area contributed by atoms with E-state index in [1.165, 1.54) is 27.3 Å². The van der Waals surface area contributed by atoms with E-state index in [2.05, 4.69) is 5.32 Å². The summed E-state index contributed by atoms with van der Waals surface area (Å²) >= 11 is 0. The molecule has 8 nitrogen and oxygen atoms in total. The van der Waals surface area contributed by atoms with Crippen molar-refractivity contribution in [3.8, 4) is 5.75 Å². The van der Waals surface area contributed by atoms with Gasteiger partial charge >= 0.3 is 5.97 Å². The molecule has 0 heterocycles. The van der Waals surface area contributed by atoms with Gasteiger partial charge in [0.2, 0.25) is 10.0 Å². The fourth-order valence-corrected chi connectivity index (χ4v) is 3.76. The van der Waals surface area contributed by atoms with Crippen molar-refractivity contribution in [2.45, 2.75) is 24.3 Å². The molecule has 1 N–H and O–H groups in total. The van der Waals surface area contributed by atoms with E-state index in [-0.39, 0.29) is 18.6 Å². The predicted octanol–water partition coefficient (Wildman–Crippen LogP) is 2.51. The summed E-state index contributed by atoms with van der Waals surface area (Å²) in [6.45, 7) is 1.85. The lowest BCUT2D eigenvalue weighted by atomic mass is 10.0. The number of methoxy groups -OCH3 is 1. The fraction of sp³-hybridized carbons (Fsp3) is 0.333. The average Bonchev–Trinajstić information content (AvgIpc) is 2.73. The van der Waals surface area contributed by atoms with E-state index in [4.69, 9.17) is 9.47 Å². The number of halogens is 1. The molecule has 0 radical (unpaired) electrons. The minimum Gasteiger partial charge on any atom is -0.497 e. The number of sulfonamides is 1. The molecule has 168 valence electrons. The lowest BCUT2D eigenvalue weighted by molar-refractivity contribution is -0.143. The highest BCUT2D eigenvalue weighted by Crippen LogP contribution is 2.24. The maximum atomic E-state index is 14.1. The normalized spacial score (nSPS) is 12.3. The van der Waals surface area contributed by atoms with Crippen LogP contribution in [-0.4, -0.2) is 52.4 Å². The molecule has 0 aliphatic rings. The van der Waals surface area contributed by atoms with E-state index < -0.39 is 38.7 Å². The van der Waals surface area contributed by atoms with Gasteiger partial charge < -0.3 is 14.8 Å². The highest BCUT2D eigenvalue weighted by Gasteiger charge is 2.25. The number of nitrogens with zero attached hydrogens (tertiary/aromatic N) is 1. The summed E-state index contributed by atoms with van der Waals surface area (Å²) in [6.07, 6.45) is -0.156. The van der Waals surface area contributed by atoms with Crippen molar-refractivity contribution in [1.29, 1.82) is 0 Å². The van der Waals surface area contributed by atoms with Crippen LogP contribution in [0.4, 0.5) is 4.39 Å². The summed E-state index contributed by atoms with van der Waals surface area (Å²) in [5.74, 6) is -1.64. The molecule has 0 bridgehead atoms. The third-order valence-corrected chi connectivity index (χ3v) is 6.26. The molecule has 31 heavy (non-hydrogen) atoms. The van der Waals surface area contributed by atoms with Crippen LogP contribution in [0.25, 0.3) is 0 Å². The molecule has 0 saturated carbocycles. The standard InChI is InChI=1S/C21H25FN2O6S/c1-5-30-20(25)13-18(14-7-6-8-16(11-14)29-4)23-21(26)15-9-10-17(22)19(12-15)31(27,28)24(2)3/h6-12,18H,5,13H2,1-4H3,(H,23,26). The SMILES string of the molecule is CCOC(=O)CC(NC(=O)c1ccc(F)c(S(=O)(=O)N(C)C)c1)c1cccc(OC)c1. The van der Waals surface area contributed by atoms with E-state index in [0.29, 0.717) is 11.3 Å². The molecule has 0 aromatic heterocycles. The minimum atomic E-state index is -4.09. The largest absolute Gasteiger partial charge is 0.497 e. The first kappa shape index (κ1) is 24.3. The van der Waals surface area contributed by atoms with Crippen LogP contribution < -0.4 is 10.1 Å². The Morgan fingerprint density at radius 1 is 1.16 bits per heavy atom. The Morgan fingerprint density at radius 2 is 1.87 bits per heavy atom. The number of carbonyl (C=O) groups is 2. The molecule has 0 aliphatic heterocycles. The first-order chi connectivity index (χ1) is 14.6. The van der Waals surface area contributed by atoms with Crippen LogP contribution in [0.3, 0.4) is 0 Å². The van der Waals surface area contributed by atoms with E-state index in [1.54, 1.807) is 31.2 Å². The predicted molar refractivity (Wildman–Crippen MR) is 112 cm³/mol. The van der Waals surface area contributed by atoms with Crippen LogP contribution in [0, 0.1) is 5.82 Å². The Hall–Kier alpha value is -2.98. The van der Waals surface area contributed by atoms with Gasteiger partial charge in [-0.3, -0.25) is 9.59 Å². The van der Waals surface area contributed by atoms with Crippen molar-refractivity contribution >= 4 is 21.9 Å². The van der Waals surface area contributed by atoms with Gasteiger partial charge in [-0.2, -0.15) is 0 Å². The molecule has 0 aliphatic carbocycles. The maximum Gasteiger partial charge on any atom is 0.308 e. The Labute approximate surface area is 181 Å². The highest BCUT2D eigenvalue weighted by molar-refractivity contribution is 7.89. The maximum absolute atomic E-state index is 14.1. The van der Waals surface area contributed by atoms with Gasteiger partial charge in [0, 0.05) is 19.7 Å². The second kappa shape index (κ2) is 10.4. The average molecular weight is 453 g/mol. The zero-order valence-corrected chi connectivity index (χ0v) is 18.5. The molecule has 0 fully saturated rings. The van der Waals surface area contributed by atoms with Gasteiger partial charge in [0.05, 0.1) is 26.2 Å². The molecule has 0 spiro atoms. The monoisotopic (exact) mass is 452 g/mol. The number of benzene rings is 2. The molecule has 2 rings (SSSR count). The van der Waals surface area contributed by atoms with Crippen LogP contribution in [0.2, 0.25) is 0 Å². The van der Waals surface area contributed by atoms with E-state index in [9.17, 15) is 22.4 Å². The summed E-state index contributed by atoms with van der Waals surface area (Å²) in [6, 6.07) is 9.07. The molecular formula is C21H25FN2O6S. The van der Waals surface area contributed by atoms with Gasteiger partial charge in [-0.25, -0.2) is 17.1 Å². The fourth-order valence-electron chi connectivity index (χ4n) is 2.78. The van der Waals surface area contributed by atoms with Crippen molar-refractivity contribution < 1.29 is 31.9 Å². The zero-order valence-electron chi connectivity index (χ0n) is 17.7. The van der Waals surface area contributed by atoms with Crippen molar-refractivity contribution in [2.24, 2.45) is 0 Å². The Balaban J connectivity index is 2.38. The van der Waals surface area contributed by atoms with Gasteiger partial charge in [0.15, 0.2) is 0 Å². The van der Waals surface area contributed by atoms with E-state index in [1.807, 2.05) is 0 Å². The number of ether oxygens (including phenoxy) is 2. The third-order valence-electron chi connectivity index (χ3n) is 4.43. The number of amides is 1. The molecule has 1 unspecified atom stereocenters. The molecule has 1 amide bonds. The summed E-state index contributed by atoms with van der Waals surface area (Å²) in [4.78, 5) is 24.3. The molecule has 2 aromatic rings. The quantitative estimate of drug-likeness (QED) is 0.587. The molecular weight excluding hydrogens is 427 g/mol. The van der Waals surface area contributed by atoms with Crippen molar-refractivity contribution in [2.75, 3.05) is 27.8 Å². The van der Waals surface area contributed by atoms with Crippen LogP contribution >= 0.6 is 0 Å². The second-order valence-electron chi connectivity index (χ2n) is 6.74. The smallest absolute Gasteiger partial charge is 0.308 e. The number of esters is 1. The van der Waals surface area contributed by atoms with Crippen molar-refractivity contribution in [3.05, 3.63) is 59.4 Å². The van der Waals surface area contributed by atoms with Crippen LogP contribution in [0.5, 0.6) is 5.75 Å². The summed E-state index contributed by atoms with van der Waals surface area (Å²) in [7, 11) is -0.0754. The van der Waals surface area contributed by atoms with Gasteiger partial charge in [-0.05, 0) is 42.8 Å². The lowest BCUT2D eigenvalue weighted by Gasteiger charge is -2.20. The van der Waals surface area contributed by atoms with Crippen LogP contribution in [-0.2, 0) is 19.6 Å². The third kappa shape index (κ3) is 6.02. The summed E-state index contributed by atoms with van der Waals surface area (Å²) in [5.41, 5.74) is 0.516. The second-order valence-corrected chi connectivity index (χ2v) is 8.86. The highest BCUT2D eigenvalue weighted by atomic mass is 32.2. The van der Waals surface area contributed by atoms with Crippen LogP contribution in [0.1, 0.15) is 35.3 Å². The molecule has 0 saturated heterocycles.